The second kappa shape index (κ2) is 8.68. The van der Waals surface area contributed by atoms with Crippen LogP contribution in [-0.2, 0) is 17.8 Å². The molecular formula is C23H19ClN4O4. The Balaban J connectivity index is 1.75. The third kappa shape index (κ3) is 4.26. The largest absolute Gasteiger partial charge is 0.478 e. The molecule has 4 N–H and O–H groups in total. The van der Waals surface area contributed by atoms with Crippen LogP contribution in [0.25, 0.3) is 0 Å². The molecule has 0 aliphatic carbocycles. The summed E-state index contributed by atoms with van der Waals surface area (Å²) in [6.45, 7) is 0.0515. The zero-order valence-electron chi connectivity index (χ0n) is 16.8. The van der Waals surface area contributed by atoms with Gasteiger partial charge in [0.15, 0.2) is 0 Å². The quantitative estimate of drug-likeness (QED) is 0.512. The van der Waals surface area contributed by atoms with Crippen molar-refractivity contribution in [3.05, 3.63) is 88.2 Å². The Morgan fingerprint density at radius 1 is 1.16 bits per heavy atom. The highest BCUT2D eigenvalue weighted by molar-refractivity contribution is 6.31. The summed E-state index contributed by atoms with van der Waals surface area (Å²) in [5, 5.41) is 12.4. The van der Waals surface area contributed by atoms with Crippen molar-refractivity contribution in [2.45, 2.75) is 19.0 Å². The first kappa shape index (κ1) is 21.3. The lowest BCUT2D eigenvalue weighted by molar-refractivity contribution is -0.120. The molecule has 0 saturated carbocycles. The van der Waals surface area contributed by atoms with Crippen molar-refractivity contribution >= 4 is 40.8 Å². The number of aromatic carboxylic acids is 1. The maximum Gasteiger partial charge on any atom is 0.337 e. The zero-order valence-corrected chi connectivity index (χ0v) is 17.5. The summed E-state index contributed by atoms with van der Waals surface area (Å²) in [4.78, 5) is 43.7. The van der Waals surface area contributed by atoms with Crippen LogP contribution in [0.2, 0.25) is 5.02 Å². The molecule has 0 spiro atoms. The molecule has 8 nitrogen and oxygen atoms in total. The molecule has 1 aliphatic rings. The van der Waals surface area contributed by atoms with Crippen LogP contribution in [0.15, 0.2) is 60.8 Å². The van der Waals surface area contributed by atoms with Gasteiger partial charge < -0.3 is 21.1 Å². The average molecular weight is 451 g/mol. The summed E-state index contributed by atoms with van der Waals surface area (Å²) < 4.78 is 0. The minimum absolute atomic E-state index is 0.0290. The van der Waals surface area contributed by atoms with Gasteiger partial charge in [0.05, 0.1) is 16.8 Å². The molecule has 3 aromatic rings. The normalized spacial score (nSPS) is 15.7. The summed E-state index contributed by atoms with van der Waals surface area (Å²) in [6.07, 6.45) is 1.82. The number of carboxylic acids is 1. The Hall–Kier alpha value is -3.91. The van der Waals surface area contributed by atoms with Gasteiger partial charge in [-0.1, -0.05) is 23.7 Å². The highest BCUT2D eigenvalue weighted by Gasteiger charge is 2.36. The van der Waals surface area contributed by atoms with E-state index in [4.69, 9.17) is 17.3 Å². The van der Waals surface area contributed by atoms with E-state index < -0.39 is 12.0 Å². The van der Waals surface area contributed by atoms with Crippen LogP contribution in [0, 0.1) is 0 Å². The van der Waals surface area contributed by atoms with Crippen LogP contribution in [-0.4, -0.2) is 38.8 Å². The highest BCUT2D eigenvalue weighted by Crippen LogP contribution is 2.29. The smallest absolute Gasteiger partial charge is 0.337 e. The topological polar surface area (TPSA) is 126 Å². The van der Waals surface area contributed by atoms with Gasteiger partial charge in [-0.3, -0.25) is 14.6 Å². The van der Waals surface area contributed by atoms with Crippen molar-refractivity contribution in [1.82, 2.24) is 9.88 Å². The van der Waals surface area contributed by atoms with Crippen molar-refractivity contribution in [1.29, 1.82) is 0 Å². The van der Waals surface area contributed by atoms with Crippen molar-refractivity contribution in [2.24, 2.45) is 0 Å². The van der Waals surface area contributed by atoms with E-state index in [1.165, 1.54) is 23.1 Å². The van der Waals surface area contributed by atoms with E-state index in [2.05, 4.69) is 10.3 Å². The average Bonchev–Trinajstić information content (AvgIpc) is 2.84. The molecule has 2 aromatic carbocycles. The van der Waals surface area contributed by atoms with Gasteiger partial charge in [-0.25, -0.2) is 4.79 Å². The van der Waals surface area contributed by atoms with E-state index in [-0.39, 0.29) is 36.0 Å². The lowest BCUT2D eigenvalue weighted by Gasteiger charge is -2.29. The number of anilines is 2. The molecule has 1 aliphatic heterocycles. The molecule has 0 unspecified atom stereocenters. The molecule has 2 heterocycles. The fourth-order valence-electron chi connectivity index (χ4n) is 3.66. The van der Waals surface area contributed by atoms with Gasteiger partial charge in [0.1, 0.15) is 6.04 Å². The van der Waals surface area contributed by atoms with Gasteiger partial charge in [-0.15, -0.1) is 0 Å². The summed E-state index contributed by atoms with van der Waals surface area (Å²) in [7, 11) is 0. The number of pyridine rings is 1. The molecule has 0 fully saturated rings. The number of rotatable bonds is 5. The van der Waals surface area contributed by atoms with Gasteiger partial charge in [-0.05, 0) is 48.0 Å². The van der Waals surface area contributed by atoms with E-state index >= 15 is 0 Å². The molecule has 0 saturated heterocycles. The number of carbonyl (C=O) groups excluding carboxylic acids is 2. The van der Waals surface area contributed by atoms with Crippen LogP contribution in [0.1, 0.15) is 32.0 Å². The standard InChI is InChI=1S/C23H19ClN4O4/c24-14-5-7-17-19(10-14)27-21(29)20(11-15-3-1-2-8-26-15)28(22(17)30)12-13-4-6-16(23(31)32)18(25)9-13/h1-10,20H,11-12,25H2,(H,27,29)(H,31,32)/t20-/m1/s1. The number of nitrogens with zero attached hydrogens (tertiary/aromatic N) is 2. The number of nitrogen functional groups attached to an aromatic ring is 1. The number of benzene rings is 2. The number of carbonyl (C=O) groups is 3. The minimum Gasteiger partial charge on any atom is -0.478 e. The Labute approximate surface area is 188 Å². The molecule has 32 heavy (non-hydrogen) atoms. The monoisotopic (exact) mass is 450 g/mol. The maximum absolute atomic E-state index is 13.5. The van der Waals surface area contributed by atoms with Gasteiger partial charge in [0, 0.05) is 35.6 Å². The Kier molecular flexibility index (Phi) is 5.79. The number of carboxylic acid groups (broad SMARTS) is 1. The first-order valence-electron chi connectivity index (χ1n) is 9.76. The number of nitrogens with two attached hydrogens (primary N) is 1. The molecule has 4 rings (SSSR count). The summed E-state index contributed by atoms with van der Waals surface area (Å²) >= 11 is 6.07. The first-order valence-corrected chi connectivity index (χ1v) is 10.1. The minimum atomic E-state index is -1.14. The number of halogens is 1. The predicted octanol–water partition coefficient (Wildman–Crippen LogP) is 3.22. The summed E-state index contributed by atoms with van der Waals surface area (Å²) in [5.74, 6) is -1.88. The molecule has 1 atom stereocenters. The number of aromatic nitrogens is 1. The van der Waals surface area contributed by atoms with Crippen molar-refractivity contribution in [3.8, 4) is 0 Å². The Bertz CT molecular complexity index is 1220. The maximum atomic E-state index is 13.5. The Morgan fingerprint density at radius 2 is 1.97 bits per heavy atom. The van der Waals surface area contributed by atoms with E-state index in [0.29, 0.717) is 27.5 Å². The van der Waals surface area contributed by atoms with E-state index in [9.17, 15) is 19.5 Å². The number of hydrogen-bond donors (Lipinski definition) is 3. The lowest BCUT2D eigenvalue weighted by Crippen LogP contribution is -2.46. The van der Waals surface area contributed by atoms with Crippen LogP contribution in [0.5, 0.6) is 0 Å². The molecular weight excluding hydrogens is 432 g/mol. The van der Waals surface area contributed by atoms with E-state index in [1.54, 1.807) is 36.5 Å². The fraction of sp³-hybridized carbons (Fsp3) is 0.130. The number of hydrogen-bond acceptors (Lipinski definition) is 5. The molecule has 9 heteroatoms. The van der Waals surface area contributed by atoms with Gasteiger partial charge in [-0.2, -0.15) is 0 Å². The zero-order chi connectivity index (χ0) is 22.8. The SMILES string of the molecule is Nc1cc(CN2C(=O)c3ccc(Cl)cc3NC(=O)[C@H]2Cc2ccccn2)ccc1C(=O)O. The lowest BCUT2D eigenvalue weighted by atomic mass is 10.0. The van der Waals surface area contributed by atoms with Gasteiger partial charge >= 0.3 is 5.97 Å². The highest BCUT2D eigenvalue weighted by atomic mass is 35.5. The number of amides is 2. The number of fused-ring (bicyclic) bond motifs is 1. The number of nitrogens with one attached hydrogen (secondary N) is 1. The third-order valence-electron chi connectivity index (χ3n) is 5.24. The summed E-state index contributed by atoms with van der Waals surface area (Å²) in [5.41, 5.74) is 7.82. The van der Waals surface area contributed by atoms with Crippen molar-refractivity contribution in [2.75, 3.05) is 11.1 Å². The predicted molar refractivity (Wildman–Crippen MR) is 119 cm³/mol. The molecule has 2 amide bonds. The summed E-state index contributed by atoms with van der Waals surface area (Å²) in [6, 6.07) is 13.7. The molecule has 0 bridgehead atoms. The first-order chi connectivity index (χ1) is 15.3. The Morgan fingerprint density at radius 3 is 2.66 bits per heavy atom. The van der Waals surface area contributed by atoms with Crippen molar-refractivity contribution < 1.29 is 19.5 Å². The second-order valence-corrected chi connectivity index (χ2v) is 7.82. The van der Waals surface area contributed by atoms with Crippen LogP contribution in [0.4, 0.5) is 11.4 Å². The van der Waals surface area contributed by atoms with Crippen LogP contribution < -0.4 is 11.1 Å². The molecule has 0 radical (unpaired) electrons. The fourth-order valence-corrected chi connectivity index (χ4v) is 3.84. The van der Waals surface area contributed by atoms with Crippen LogP contribution in [0.3, 0.4) is 0 Å². The van der Waals surface area contributed by atoms with Crippen molar-refractivity contribution in [3.63, 3.8) is 0 Å². The van der Waals surface area contributed by atoms with Gasteiger partial charge in [0.25, 0.3) is 5.91 Å². The van der Waals surface area contributed by atoms with Gasteiger partial charge in [0.2, 0.25) is 5.91 Å². The third-order valence-corrected chi connectivity index (χ3v) is 5.47. The van der Waals surface area contributed by atoms with E-state index in [1.807, 2.05) is 6.07 Å². The van der Waals surface area contributed by atoms with E-state index in [0.717, 1.165) is 0 Å². The van der Waals surface area contributed by atoms with Crippen LogP contribution >= 0.6 is 11.6 Å². The molecule has 1 aromatic heterocycles. The molecule has 162 valence electrons. The second-order valence-electron chi connectivity index (χ2n) is 7.38.